The fraction of sp³-hybridized carbons (Fsp3) is 0.846. The summed E-state index contributed by atoms with van der Waals surface area (Å²) >= 11 is 0. The highest BCUT2D eigenvalue weighted by Crippen LogP contribution is 2.05. The summed E-state index contributed by atoms with van der Waals surface area (Å²) in [5.74, 6) is 1.32. The molecule has 0 rings (SSSR count). The zero-order valence-corrected chi connectivity index (χ0v) is 10.3. The minimum atomic E-state index is 0.654. The van der Waals surface area contributed by atoms with E-state index in [-0.39, 0.29) is 0 Å². The van der Waals surface area contributed by atoms with Crippen molar-refractivity contribution in [2.75, 3.05) is 13.2 Å². The van der Waals surface area contributed by atoms with Gasteiger partial charge in [-0.25, -0.2) is 0 Å². The van der Waals surface area contributed by atoms with E-state index in [2.05, 4.69) is 39.8 Å². The maximum Gasteiger partial charge on any atom is 0.0494 e. The van der Waals surface area contributed by atoms with Crippen LogP contribution in [0.1, 0.15) is 47.0 Å². The van der Waals surface area contributed by atoms with Gasteiger partial charge in [0.1, 0.15) is 0 Å². The Balaban J connectivity index is 3.32. The molecule has 1 atom stereocenters. The molecule has 0 saturated heterocycles. The molecule has 0 aromatic carbocycles. The molecule has 84 valence electrons. The largest absolute Gasteiger partial charge is 0.381 e. The van der Waals surface area contributed by atoms with Gasteiger partial charge in [0, 0.05) is 13.2 Å². The predicted molar refractivity (Wildman–Crippen MR) is 63.5 cm³/mol. The summed E-state index contributed by atoms with van der Waals surface area (Å²) in [6, 6.07) is 0. The molecule has 0 heterocycles. The Morgan fingerprint density at radius 2 is 1.93 bits per heavy atom. The van der Waals surface area contributed by atoms with Crippen molar-refractivity contribution in [1.29, 1.82) is 0 Å². The number of allylic oxidation sites excluding steroid dienone is 2. The predicted octanol–water partition coefficient (Wildman–Crippen LogP) is 4.04. The van der Waals surface area contributed by atoms with Crippen LogP contribution in [0.4, 0.5) is 0 Å². The van der Waals surface area contributed by atoms with Crippen LogP contribution in [0.5, 0.6) is 0 Å². The second kappa shape index (κ2) is 9.26. The molecule has 0 bridgehead atoms. The first-order valence-corrected chi connectivity index (χ1v) is 5.91. The van der Waals surface area contributed by atoms with Gasteiger partial charge >= 0.3 is 0 Å². The third-order valence-corrected chi connectivity index (χ3v) is 2.10. The fourth-order valence-corrected chi connectivity index (χ4v) is 1.18. The molecule has 0 N–H and O–H groups in total. The minimum Gasteiger partial charge on any atom is -0.381 e. The normalized spacial score (nSPS) is 14.1. The fourth-order valence-electron chi connectivity index (χ4n) is 1.18. The first kappa shape index (κ1) is 13.7. The summed E-state index contributed by atoms with van der Waals surface area (Å²) in [7, 11) is 0. The van der Waals surface area contributed by atoms with E-state index in [9.17, 15) is 0 Å². The number of ether oxygens (including phenoxy) is 1. The van der Waals surface area contributed by atoms with Crippen LogP contribution in [0.2, 0.25) is 0 Å². The van der Waals surface area contributed by atoms with Gasteiger partial charge in [-0.1, -0.05) is 46.3 Å². The minimum absolute atomic E-state index is 0.654. The van der Waals surface area contributed by atoms with Crippen molar-refractivity contribution in [3.8, 4) is 0 Å². The Kier molecular flexibility index (Phi) is 9.06. The molecule has 0 aromatic rings. The van der Waals surface area contributed by atoms with E-state index >= 15 is 0 Å². The summed E-state index contributed by atoms with van der Waals surface area (Å²) in [6.07, 6.45) is 8.10. The molecule has 0 saturated carbocycles. The monoisotopic (exact) mass is 198 g/mol. The van der Waals surface area contributed by atoms with Gasteiger partial charge in [0.25, 0.3) is 0 Å². The summed E-state index contributed by atoms with van der Waals surface area (Å²) in [5.41, 5.74) is 0. The van der Waals surface area contributed by atoms with Crippen molar-refractivity contribution >= 4 is 0 Å². The van der Waals surface area contributed by atoms with Crippen molar-refractivity contribution in [3.05, 3.63) is 12.2 Å². The number of hydrogen-bond acceptors (Lipinski definition) is 1. The topological polar surface area (TPSA) is 9.23 Å². The van der Waals surface area contributed by atoms with Crippen molar-refractivity contribution in [2.45, 2.75) is 47.0 Å². The third-order valence-electron chi connectivity index (χ3n) is 2.10. The molecule has 0 radical (unpaired) electrons. The van der Waals surface area contributed by atoms with E-state index < -0.39 is 0 Å². The van der Waals surface area contributed by atoms with E-state index in [0.717, 1.165) is 19.6 Å². The Morgan fingerprint density at radius 3 is 2.50 bits per heavy atom. The zero-order chi connectivity index (χ0) is 10.8. The van der Waals surface area contributed by atoms with Crippen molar-refractivity contribution in [2.24, 2.45) is 11.8 Å². The molecule has 1 nitrogen and oxygen atoms in total. The Labute approximate surface area is 89.5 Å². The van der Waals surface area contributed by atoms with Crippen LogP contribution in [0.3, 0.4) is 0 Å². The van der Waals surface area contributed by atoms with Gasteiger partial charge in [0.15, 0.2) is 0 Å². The van der Waals surface area contributed by atoms with Crippen LogP contribution in [0, 0.1) is 11.8 Å². The highest BCUT2D eigenvalue weighted by Gasteiger charge is 1.99. The van der Waals surface area contributed by atoms with E-state index in [4.69, 9.17) is 4.74 Å². The van der Waals surface area contributed by atoms with Crippen molar-refractivity contribution in [3.63, 3.8) is 0 Å². The summed E-state index contributed by atoms with van der Waals surface area (Å²) in [4.78, 5) is 0. The SMILES string of the molecule is CCCCOCC(C)C/C=C/C(C)C. The lowest BCUT2D eigenvalue weighted by Gasteiger charge is -2.09. The quantitative estimate of drug-likeness (QED) is 0.422. The third kappa shape index (κ3) is 9.79. The van der Waals surface area contributed by atoms with Crippen LogP contribution < -0.4 is 0 Å². The highest BCUT2D eigenvalue weighted by molar-refractivity contribution is 4.85. The van der Waals surface area contributed by atoms with Gasteiger partial charge in [-0.05, 0) is 24.7 Å². The molecular weight excluding hydrogens is 172 g/mol. The lowest BCUT2D eigenvalue weighted by atomic mass is 10.1. The molecule has 1 unspecified atom stereocenters. The molecule has 1 heteroatoms. The average Bonchev–Trinajstić information content (AvgIpc) is 2.12. The Hall–Kier alpha value is -0.300. The molecule has 0 fully saturated rings. The smallest absolute Gasteiger partial charge is 0.0494 e. The van der Waals surface area contributed by atoms with Crippen molar-refractivity contribution in [1.82, 2.24) is 0 Å². The molecular formula is C13H26O. The van der Waals surface area contributed by atoms with Gasteiger partial charge in [0.05, 0.1) is 0 Å². The van der Waals surface area contributed by atoms with Gasteiger partial charge in [0.2, 0.25) is 0 Å². The molecule has 0 spiro atoms. The lowest BCUT2D eigenvalue weighted by molar-refractivity contribution is 0.103. The molecule has 0 amide bonds. The molecule has 14 heavy (non-hydrogen) atoms. The van der Waals surface area contributed by atoms with Gasteiger partial charge in [-0.3, -0.25) is 0 Å². The molecule has 0 aliphatic heterocycles. The number of hydrogen-bond donors (Lipinski definition) is 0. The van der Waals surface area contributed by atoms with Crippen molar-refractivity contribution < 1.29 is 4.74 Å². The standard InChI is InChI=1S/C13H26O/c1-5-6-10-14-11-13(4)9-7-8-12(2)3/h7-8,12-13H,5-6,9-11H2,1-4H3/b8-7+. The first-order chi connectivity index (χ1) is 6.66. The van der Waals surface area contributed by atoms with E-state index in [1.807, 2.05) is 0 Å². The molecule has 0 aliphatic rings. The summed E-state index contributed by atoms with van der Waals surface area (Å²) < 4.78 is 5.56. The maximum atomic E-state index is 5.56. The average molecular weight is 198 g/mol. The van der Waals surface area contributed by atoms with Crippen LogP contribution in [-0.2, 0) is 4.74 Å². The number of unbranched alkanes of at least 4 members (excludes halogenated alkanes) is 1. The second-order valence-corrected chi connectivity index (χ2v) is 4.44. The molecule has 0 aromatic heterocycles. The summed E-state index contributed by atoms with van der Waals surface area (Å²) in [5, 5.41) is 0. The maximum absolute atomic E-state index is 5.56. The van der Waals surface area contributed by atoms with Crippen LogP contribution in [-0.4, -0.2) is 13.2 Å². The molecule has 0 aliphatic carbocycles. The second-order valence-electron chi connectivity index (χ2n) is 4.44. The van der Waals surface area contributed by atoms with Gasteiger partial charge < -0.3 is 4.74 Å². The Bertz CT molecular complexity index is 138. The van der Waals surface area contributed by atoms with E-state index in [0.29, 0.717) is 11.8 Å². The van der Waals surface area contributed by atoms with E-state index in [1.165, 1.54) is 12.8 Å². The van der Waals surface area contributed by atoms with Crippen LogP contribution >= 0.6 is 0 Å². The zero-order valence-electron chi connectivity index (χ0n) is 10.3. The lowest BCUT2D eigenvalue weighted by Crippen LogP contribution is -2.05. The van der Waals surface area contributed by atoms with E-state index in [1.54, 1.807) is 0 Å². The van der Waals surface area contributed by atoms with Gasteiger partial charge in [-0.15, -0.1) is 0 Å². The highest BCUT2D eigenvalue weighted by atomic mass is 16.5. The van der Waals surface area contributed by atoms with Gasteiger partial charge in [-0.2, -0.15) is 0 Å². The number of rotatable bonds is 8. The Morgan fingerprint density at radius 1 is 1.21 bits per heavy atom. The first-order valence-electron chi connectivity index (χ1n) is 5.91. The van der Waals surface area contributed by atoms with Crippen LogP contribution in [0.25, 0.3) is 0 Å². The summed E-state index contributed by atoms with van der Waals surface area (Å²) in [6.45, 7) is 10.7. The van der Waals surface area contributed by atoms with Crippen LogP contribution in [0.15, 0.2) is 12.2 Å².